The highest BCUT2D eigenvalue weighted by atomic mass is 19.3. The van der Waals surface area contributed by atoms with Crippen molar-refractivity contribution in [2.75, 3.05) is 0 Å². The zero-order valence-electron chi connectivity index (χ0n) is 11.3. The van der Waals surface area contributed by atoms with Gasteiger partial charge in [0.15, 0.2) is 0 Å². The van der Waals surface area contributed by atoms with Crippen molar-refractivity contribution in [1.82, 2.24) is 0 Å². The van der Waals surface area contributed by atoms with E-state index in [2.05, 4.69) is 19.9 Å². The molecule has 2 saturated carbocycles. The summed E-state index contributed by atoms with van der Waals surface area (Å²) in [7, 11) is 0. The van der Waals surface area contributed by atoms with Crippen LogP contribution in [0.1, 0.15) is 52.4 Å². The number of hydrogen-bond donors (Lipinski definition) is 1. The Balaban J connectivity index is 1.81. The molecule has 0 aromatic rings. The Labute approximate surface area is 108 Å². The van der Waals surface area contributed by atoms with Crippen molar-refractivity contribution in [2.45, 2.75) is 63.8 Å². The maximum atomic E-state index is 13.3. The van der Waals surface area contributed by atoms with Gasteiger partial charge in [0.25, 0.3) is 0 Å². The van der Waals surface area contributed by atoms with E-state index in [0.717, 1.165) is 12.3 Å². The Morgan fingerprint density at radius 1 is 1.17 bits per heavy atom. The van der Waals surface area contributed by atoms with Gasteiger partial charge in [-0.25, -0.2) is 8.78 Å². The SMILES string of the molecule is CC1(C)C2CC=C(C3(N)CCC(F)(F)CC3)C1C2. The number of nitrogens with two attached hydrogens (primary N) is 1. The summed E-state index contributed by atoms with van der Waals surface area (Å²) in [6.45, 7) is 4.61. The van der Waals surface area contributed by atoms with E-state index in [1.807, 2.05) is 0 Å². The predicted molar refractivity (Wildman–Crippen MR) is 68.4 cm³/mol. The smallest absolute Gasteiger partial charge is 0.248 e. The fourth-order valence-electron chi connectivity index (χ4n) is 4.26. The van der Waals surface area contributed by atoms with Crippen molar-refractivity contribution >= 4 is 0 Å². The number of hydrogen-bond acceptors (Lipinski definition) is 1. The van der Waals surface area contributed by atoms with Crippen LogP contribution in [-0.4, -0.2) is 11.5 Å². The average Bonchev–Trinajstić information content (AvgIpc) is 2.33. The van der Waals surface area contributed by atoms with E-state index in [-0.39, 0.29) is 12.8 Å². The normalized spacial score (nSPS) is 39.7. The highest BCUT2D eigenvalue weighted by Gasteiger charge is 2.56. The van der Waals surface area contributed by atoms with Crippen LogP contribution >= 0.6 is 0 Å². The summed E-state index contributed by atoms with van der Waals surface area (Å²) in [5, 5.41) is 0. The number of halogens is 2. The van der Waals surface area contributed by atoms with Gasteiger partial charge in [0, 0.05) is 18.4 Å². The Morgan fingerprint density at radius 2 is 1.78 bits per heavy atom. The molecule has 3 heteroatoms. The lowest BCUT2D eigenvalue weighted by atomic mass is 9.46. The topological polar surface area (TPSA) is 26.0 Å². The second-order valence-electron chi connectivity index (χ2n) is 7.21. The first-order valence-electron chi connectivity index (χ1n) is 7.12. The molecule has 2 unspecified atom stereocenters. The van der Waals surface area contributed by atoms with Crippen LogP contribution in [0.15, 0.2) is 11.6 Å². The average molecular weight is 255 g/mol. The van der Waals surface area contributed by atoms with Crippen molar-refractivity contribution in [3.63, 3.8) is 0 Å². The molecule has 2 fully saturated rings. The monoisotopic (exact) mass is 255 g/mol. The number of allylic oxidation sites excluding steroid dienone is 1. The van der Waals surface area contributed by atoms with Crippen molar-refractivity contribution in [1.29, 1.82) is 0 Å². The third kappa shape index (κ3) is 1.66. The lowest BCUT2D eigenvalue weighted by molar-refractivity contribution is -0.0585. The zero-order valence-corrected chi connectivity index (χ0v) is 11.3. The number of fused-ring (bicyclic) bond motifs is 1. The highest BCUT2D eigenvalue weighted by molar-refractivity contribution is 5.32. The zero-order chi connectivity index (χ0) is 13.2. The van der Waals surface area contributed by atoms with E-state index in [0.29, 0.717) is 24.2 Å². The molecule has 4 rings (SSSR count). The molecule has 2 atom stereocenters. The lowest BCUT2D eigenvalue weighted by Crippen LogP contribution is -2.57. The molecule has 0 amide bonds. The van der Waals surface area contributed by atoms with Gasteiger partial charge in [-0.3, -0.25) is 0 Å². The minimum absolute atomic E-state index is 0.0442. The van der Waals surface area contributed by atoms with Crippen LogP contribution in [0.5, 0.6) is 0 Å². The first-order chi connectivity index (χ1) is 8.25. The van der Waals surface area contributed by atoms with Crippen LogP contribution in [0.3, 0.4) is 0 Å². The van der Waals surface area contributed by atoms with Gasteiger partial charge in [-0.2, -0.15) is 0 Å². The maximum Gasteiger partial charge on any atom is 0.248 e. The highest BCUT2D eigenvalue weighted by Crippen LogP contribution is 2.62. The summed E-state index contributed by atoms with van der Waals surface area (Å²) < 4.78 is 26.6. The van der Waals surface area contributed by atoms with Crippen molar-refractivity contribution < 1.29 is 8.78 Å². The van der Waals surface area contributed by atoms with Gasteiger partial charge in [-0.15, -0.1) is 0 Å². The quantitative estimate of drug-likeness (QED) is 0.707. The Hall–Kier alpha value is -0.440. The molecule has 4 aliphatic carbocycles. The van der Waals surface area contributed by atoms with Crippen molar-refractivity contribution in [3.05, 3.63) is 11.6 Å². The first-order valence-corrected chi connectivity index (χ1v) is 7.12. The lowest BCUT2D eigenvalue weighted by Gasteiger charge is -2.60. The second-order valence-corrected chi connectivity index (χ2v) is 7.21. The van der Waals surface area contributed by atoms with Crippen LogP contribution in [0, 0.1) is 17.3 Å². The Morgan fingerprint density at radius 3 is 2.28 bits per heavy atom. The summed E-state index contributed by atoms with van der Waals surface area (Å²) >= 11 is 0. The predicted octanol–water partition coefficient (Wildman–Crippen LogP) is 3.89. The van der Waals surface area contributed by atoms with Crippen LogP contribution in [0.25, 0.3) is 0 Å². The molecule has 2 bridgehead atoms. The molecule has 0 aromatic heterocycles. The van der Waals surface area contributed by atoms with Gasteiger partial charge in [-0.05, 0) is 42.9 Å². The fourth-order valence-corrected chi connectivity index (χ4v) is 4.26. The molecular formula is C15H23F2N. The molecule has 0 saturated heterocycles. The minimum atomic E-state index is -2.49. The van der Waals surface area contributed by atoms with E-state index in [1.165, 1.54) is 12.0 Å². The fraction of sp³-hybridized carbons (Fsp3) is 0.867. The molecule has 0 aromatic carbocycles. The standard InChI is InChI=1S/C15H23F2N/c1-13(2)10-3-4-11(12(13)9-10)14(18)5-7-15(16,17)8-6-14/h4,10,12H,3,5-9,18H2,1-2H3. The largest absolute Gasteiger partial charge is 0.322 e. The van der Waals surface area contributed by atoms with Crippen LogP contribution in [0.2, 0.25) is 0 Å². The molecule has 102 valence electrons. The Kier molecular flexibility index (Phi) is 2.49. The molecule has 18 heavy (non-hydrogen) atoms. The molecular weight excluding hydrogens is 232 g/mol. The Bertz CT molecular complexity index is 387. The van der Waals surface area contributed by atoms with Gasteiger partial charge < -0.3 is 5.73 Å². The molecule has 0 heterocycles. The van der Waals surface area contributed by atoms with Gasteiger partial charge in [0.05, 0.1) is 0 Å². The van der Waals surface area contributed by atoms with E-state index in [4.69, 9.17) is 5.73 Å². The van der Waals surface area contributed by atoms with Gasteiger partial charge in [0.2, 0.25) is 5.92 Å². The van der Waals surface area contributed by atoms with E-state index >= 15 is 0 Å². The van der Waals surface area contributed by atoms with Crippen molar-refractivity contribution in [2.24, 2.45) is 23.0 Å². The van der Waals surface area contributed by atoms with Gasteiger partial charge >= 0.3 is 0 Å². The molecule has 2 N–H and O–H groups in total. The minimum Gasteiger partial charge on any atom is -0.322 e. The summed E-state index contributed by atoms with van der Waals surface area (Å²) in [5.74, 6) is -1.18. The molecule has 0 aliphatic heterocycles. The second kappa shape index (κ2) is 3.56. The number of alkyl halides is 2. The molecule has 0 radical (unpaired) electrons. The number of rotatable bonds is 1. The summed E-state index contributed by atoms with van der Waals surface area (Å²) in [6.07, 6.45) is 5.39. The van der Waals surface area contributed by atoms with Gasteiger partial charge in [0.1, 0.15) is 0 Å². The van der Waals surface area contributed by atoms with E-state index in [9.17, 15) is 8.78 Å². The summed E-state index contributed by atoms with van der Waals surface area (Å²) in [6, 6.07) is 0. The van der Waals surface area contributed by atoms with E-state index < -0.39 is 11.5 Å². The van der Waals surface area contributed by atoms with Crippen LogP contribution in [0.4, 0.5) is 8.78 Å². The van der Waals surface area contributed by atoms with Crippen molar-refractivity contribution in [3.8, 4) is 0 Å². The third-order valence-corrected chi connectivity index (χ3v) is 5.92. The third-order valence-electron chi connectivity index (χ3n) is 5.92. The van der Waals surface area contributed by atoms with Crippen LogP contribution in [-0.2, 0) is 0 Å². The molecule has 0 spiro atoms. The first kappa shape index (κ1) is 12.6. The molecule has 4 aliphatic rings. The van der Waals surface area contributed by atoms with Crippen LogP contribution < -0.4 is 5.73 Å². The summed E-state index contributed by atoms with van der Waals surface area (Å²) in [4.78, 5) is 0. The maximum absolute atomic E-state index is 13.3. The summed E-state index contributed by atoms with van der Waals surface area (Å²) in [5.41, 5.74) is 7.67. The van der Waals surface area contributed by atoms with E-state index in [1.54, 1.807) is 0 Å². The van der Waals surface area contributed by atoms with Gasteiger partial charge in [-0.1, -0.05) is 25.5 Å². The molecule has 1 nitrogen and oxygen atoms in total.